The molecule has 0 unspecified atom stereocenters. The number of aromatic nitrogens is 2. The summed E-state index contributed by atoms with van der Waals surface area (Å²) >= 11 is 3.43. The van der Waals surface area contributed by atoms with E-state index in [1.165, 1.54) is 0 Å². The molecule has 0 bridgehead atoms. The number of fused-ring (bicyclic) bond motifs is 1. The molecule has 3 aromatic carbocycles. The van der Waals surface area contributed by atoms with Crippen LogP contribution in [0.5, 0.6) is 5.75 Å². The summed E-state index contributed by atoms with van der Waals surface area (Å²) in [5.74, 6) is 1.52. The largest absolute Gasteiger partial charge is 0.489 e. The van der Waals surface area contributed by atoms with Gasteiger partial charge in [0.25, 0.3) is 0 Å². The molecule has 28 heavy (non-hydrogen) atoms. The SMILES string of the molecule is Cn1c(N/N=C\c2ccc(OCc3ccc(Br)cc3)cc2)nc2ccccc21. The molecule has 5 nitrogen and oxygen atoms in total. The van der Waals surface area contributed by atoms with Gasteiger partial charge in [-0.2, -0.15) is 5.10 Å². The topological polar surface area (TPSA) is 51.4 Å². The van der Waals surface area contributed by atoms with Crippen molar-refractivity contribution in [3.8, 4) is 5.75 Å². The summed E-state index contributed by atoms with van der Waals surface area (Å²) in [5, 5.41) is 4.30. The Morgan fingerprint density at radius 2 is 1.79 bits per heavy atom. The van der Waals surface area contributed by atoms with Crippen LogP contribution in [0.1, 0.15) is 11.1 Å². The number of hydrogen-bond acceptors (Lipinski definition) is 4. The van der Waals surface area contributed by atoms with Crippen molar-refractivity contribution in [1.82, 2.24) is 9.55 Å². The smallest absolute Gasteiger partial charge is 0.224 e. The molecule has 1 heterocycles. The Kier molecular flexibility index (Phi) is 5.39. The van der Waals surface area contributed by atoms with E-state index in [0.29, 0.717) is 12.6 Å². The van der Waals surface area contributed by atoms with Crippen molar-refractivity contribution in [2.75, 3.05) is 5.43 Å². The highest BCUT2D eigenvalue weighted by molar-refractivity contribution is 9.10. The Bertz CT molecular complexity index is 1100. The van der Waals surface area contributed by atoms with Crippen LogP contribution >= 0.6 is 15.9 Å². The molecule has 0 saturated carbocycles. The number of aryl methyl sites for hydroxylation is 1. The van der Waals surface area contributed by atoms with Gasteiger partial charge < -0.3 is 9.30 Å². The average molecular weight is 435 g/mol. The number of benzene rings is 3. The Hall–Kier alpha value is -3.12. The van der Waals surface area contributed by atoms with E-state index in [1.54, 1.807) is 6.21 Å². The van der Waals surface area contributed by atoms with Gasteiger partial charge in [0, 0.05) is 11.5 Å². The van der Waals surface area contributed by atoms with Crippen LogP contribution in [-0.4, -0.2) is 15.8 Å². The van der Waals surface area contributed by atoms with Crippen molar-refractivity contribution >= 4 is 39.1 Å². The second kappa shape index (κ2) is 8.27. The van der Waals surface area contributed by atoms with E-state index in [0.717, 1.165) is 32.4 Å². The fourth-order valence-electron chi connectivity index (χ4n) is 2.81. The molecule has 0 spiro atoms. The second-order valence-electron chi connectivity index (χ2n) is 6.34. The highest BCUT2D eigenvalue weighted by atomic mass is 79.9. The molecular weight excluding hydrogens is 416 g/mol. The summed E-state index contributed by atoms with van der Waals surface area (Å²) < 4.78 is 8.86. The molecule has 0 aliphatic carbocycles. The third-order valence-corrected chi connectivity index (χ3v) is 4.89. The Morgan fingerprint density at radius 1 is 1.04 bits per heavy atom. The van der Waals surface area contributed by atoms with Gasteiger partial charge >= 0.3 is 0 Å². The lowest BCUT2D eigenvalue weighted by molar-refractivity contribution is 0.306. The molecular formula is C22H19BrN4O. The van der Waals surface area contributed by atoms with Gasteiger partial charge in [-0.1, -0.05) is 40.2 Å². The van der Waals surface area contributed by atoms with Crippen LogP contribution in [-0.2, 0) is 13.7 Å². The molecule has 4 rings (SSSR count). The number of hydrazone groups is 1. The van der Waals surface area contributed by atoms with Crippen molar-refractivity contribution in [3.63, 3.8) is 0 Å². The van der Waals surface area contributed by atoms with Crippen molar-refractivity contribution in [3.05, 3.63) is 88.4 Å². The minimum absolute atomic E-state index is 0.537. The zero-order valence-electron chi connectivity index (χ0n) is 15.3. The molecule has 0 aliphatic heterocycles. The average Bonchev–Trinajstić information content (AvgIpc) is 3.04. The summed E-state index contributed by atoms with van der Waals surface area (Å²) in [6.07, 6.45) is 1.76. The van der Waals surface area contributed by atoms with Crippen LogP contribution in [0.3, 0.4) is 0 Å². The summed E-state index contributed by atoms with van der Waals surface area (Å²) in [6, 6.07) is 23.9. The maximum Gasteiger partial charge on any atom is 0.224 e. The van der Waals surface area contributed by atoms with E-state index in [4.69, 9.17) is 4.74 Å². The predicted octanol–water partition coefficient (Wildman–Crippen LogP) is 5.36. The van der Waals surface area contributed by atoms with Gasteiger partial charge in [0.05, 0.1) is 17.2 Å². The minimum Gasteiger partial charge on any atom is -0.489 e. The molecule has 6 heteroatoms. The number of anilines is 1. The number of rotatable bonds is 6. The van der Waals surface area contributed by atoms with E-state index < -0.39 is 0 Å². The first-order valence-corrected chi connectivity index (χ1v) is 9.66. The van der Waals surface area contributed by atoms with E-state index >= 15 is 0 Å². The predicted molar refractivity (Wildman–Crippen MR) is 117 cm³/mol. The van der Waals surface area contributed by atoms with Crippen molar-refractivity contribution in [2.24, 2.45) is 12.1 Å². The van der Waals surface area contributed by atoms with Gasteiger partial charge in [-0.05, 0) is 59.7 Å². The number of imidazole rings is 1. The summed E-state index contributed by atoms with van der Waals surface area (Å²) in [4.78, 5) is 4.53. The fraction of sp³-hybridized carbons (Fsp3) is 0.0909. The lowest BCUT2D eigenvalue weighted by atomic mass is 10.2. The molecule has 1 aromatic heterocycles. The van der Waals surface area contributed by atoms with Gasteiger partial charge in [-0.15, -0.1) is 0 Å². The quantitative estimate of drug-likeness (QED) is 0.328. The zero-order valence-corrected chi connectivity index (χ0v) is 16.9. The second-order valence-corrected chi connectivity index (χ2v) is 7.25. The molecule has 0 saturated heterocycles. The number of nitrogens with zero attached hydrogens (tertiary/aromatic N) is 3. The highest BCUT2D eigenvalue weighted by Crippen LogP contribution is 2.18. The van der Waals surface area contributed by atoms with Crippen LogP contribution in [0.25, 0.3) is 11.0 Å². The van der Waals surface area contributed by atoms with E-state index in [-0.39, 0.29) is 0 Å². The Morgan fingerprint density at radius 3 is 2.54 bits per heavy atom. The molecule has 0 amide bonds. The molecule has 4 aromatic rings. The van der Waals surface area contributed by atoms with E-state index in [9.17, 15) is 0 Å². The zero-order chi connectivity index (χ0) is 19.3. The van der Waals surface area contributed by atoms with Crippen molar-refractivity contribution in [1.29, 1.82) is 0 Å². The molecule has 0 radical (unpaired) electrons. The highest BCUT2D eigenvalue weighted by Gasteiger charge is 2.05. The Balaban J connectivity index is 1.35. The normalized spacial score (nSPS) is 11.2. The summed E-state index contributed by atoms with van der Waals surface area (Å²) in [6.45, 7) is 0.537. The summed E-state index contributed by atoms with van der Waals surface area (Å²) in [5.41, 5.74) is 7.10. The minimum atomic E-state index is 0.537. The molecule has 0 fully saturated rings. The first-order chi connectivity index (χ1) is 13.7. The molecule has 0 aliphatic rings. The Labute approximate surface area is 171 Å². The third-order valence-electron chi connectivity index (χ3n) is 4.36. The standard InChI is InChI=1S/C22H19BrN4O/c1-27-21-5-3-2-4-20(21)25-22(27)26-24-14-16-8-12-19(13-9-16)28-15-17-6-10-18(23)11-7-17/h2-14H,15H2,1H3,(H,25,26)/b24-14-. The number of para-hydroxylation sites is 2. The number of halogens is 1. The van der Waals surface area contributed by atoms with Crippen LogP contribution in [0.2, 0.25) is 0 Å². The van der Waals surface area contributed by atoms with Gasteiger partial charge in [-0.3, -0.25) is 0 Å². The van der Waals surface area contributed by atoms with Crippen LogP contribution in [0.4, 0.5) is 5.95 Å². The lowest BCUT2D eigenvalue weighted by Crippen LogP contribution is -1.99. The molecule has 1 N–H and O–H groups in total. The van der Waals surface area contributed by atoms with E-state index in [1.807, 2.05) is 84.4 Å². The van der Waals surface area contributed by atoms with Crippen LogP contribution < -0.4 is 10.2 Å². The maximum absolute atomic E-state index is 5.82. The van der Waals surface area contributed by atoms with Gasteiger partial charge in [0.15, 0.2) is 0 Å². The first kappa shape index (κ1) is 18.3. The number of nitrogens with one attached hydrogen (secondary N) is 1. The van der Waals surface area contributed by atoms with Gasteiger partial charge in [0.1, 0.15) is 12.4 Å². The van der Waals surface area contributed by atoms with Crippen LogP contribution in [0, 0.1) is 0 Å². The summed E-state index contributed by atoms with van der Waals surface area (Å²) in [7, 11) is 1.96. The number of ether oxygens (including phenoxy) is 1. The molecule has 0 atom stereocenters. The lowest BCUT2D eigenvalue weighted by Gasteiger charge is -2.06. The number of hydrogen-bond donors (Lipinski definition) is 1. The maximum atomic E-state index is 5.82. The third kappa shape index (κ3) is 4.23. The van der Waals surface area contributed by atoms with Crippen LogP contribution in [0.15, 0.2) is 82.4 Å². The first-order valence-electron chi connectivity index (χ1n) is 8.87. The monoisotopic (exact) mass is 434 g/mol. The molecule has 140 valence electrons. The van der Waals surface area contributed by atoms with E-state index in [2.05, 4.69) is 31.4 Å². The van der Waals surface area contributed by atoms with Gasteiger partial charge in [0.2, 0.25) is 5.95 Å². The van der Waals surface area contributed by atoms with Gasteiger partial charge in [-0.25, -0.2) is 10.4 Å². The van der Waals surface area contributed by atoms with Crippen molar-refractivity contribution < 1.29 is 4.74 Å². The van der Waals surface area contributed by atoms with Crippen molar-refractivity contribution in [2.45, 2.75) is 6.61 Å². The fourth-order valence-corrected chi connectivity index (χ4v) is 3.07.